The fourth-order valence-corrected chi connectivity index (χ4v) is 4.39. The highest BCUT2D eigenvalue weighted by Gasteiger charge is 2.51. The number of hydrogen-bond acceptors (Lipinski definition) is 7. The lowest BCUT2D eigenvalue weighted by atomic mass is 9.89. The Kier molecular flexibility index (Phi) is 5.62. The summed E-state index contributed by atoms with van der Waals surface area (Å²) in [4.78, 5) is 39.9. The van der Waals surface area contributed by atoms with Gasteiger partial charge in [0, 0.05) is 16.7 Å². The molecule has 0 N–H and O–H groups in total. The summed E-state index contributed by atoms with van der Waals surface area (Å²) in [5.41, 5.74) is 2.95. The zero-order valence-corrected chi connectivity index (χ0v) is 19.0. The minimum atomic E-state index is -0.868. The van der Waals surface area contributed by atoms with Crippen molar-refractivity contribution in [3.05, 3.63) is 118 Å². The summed E-state index contributed by atoms with van der Waals surface area (Å²) in [5, 5.41) is 7.30. The van der Waals surface area contributed by atoms with Crippen LogP contribution in [0.2, 0.25) is 0 Å². The van der Waals surface area contributed by atoms with Crippen molar-refractivity contribution in [2.75, 3.05) is 14.2 Å². The highest BCUT2D eigenvalue weighted by Crippen LogP contribution is 2.46. The number of hydrazine groups is 1. The molecule has 2 heterocycles. The predicted octanol–water partition coefficient (Wildman–Crippen LogP) is 3.47. The van der Waals surface area contributed by atoms with E-state index in [0.717, 1.165) is 16.1 Å². The monoisotopic (exact) mass is 467 g/mol. The van der Waals surface area contributed by atoms with Crippen molar-refractivity contribution in [1.82, 2.24) is 10.1 Å². The molecule has 8 heteroatoms. The summed E-state index contributed by atoms with van der Waals surface area (Å²) in [7, 11) is 2.42. The molecule has 0 aliphatic carbocycles. The van der Waals surface area contributed by atoms with Gasteiger partial charge >= 0.3 is 11.9 Å². The number of benzene rings is 3. The minimum absolute atomic E-state index is 0.0213. The molecule has 0 fully saturated rings. The number of carbonyl (C=O) groups is 3. The number of hydrogen-bond donors (Lipinski definition) is 0. The van der Waals surface area contributed by atoms with E-state index in [1.54, 1.807) is 30.3 Å². The molecule has 35 heavy (non-hydrogen) atoms. The Balaban J connectivity index is 1.80. The third kappa shape index (κ3) is 3.56. The Morgan fingerprint density at radius 1 is 0.771 bits per heavy atom. The van der Waals surface area contributed by atoms with Gasteiger partial charge in [-0.15, -0.1) is 0 Å². The van der Waals surface area contributed by atoms with Crippen molar-refractivity contribution in [1.29, 1.82) is 0 Å². The van der Waals surface area contributed by atoms with Gasteiger partial charge in [-0.1, -0.05) is 72.8 Å². The average molecular weight is 467 g/mol. The molecule has 0 saturated carbocycles. The van der Waals surface area contributed by atoms with E-state index >= 15 is 0 Å². The average Bonchev–Trinajstić information content (AvgIpc) is 3.27. The minimum Gasteiger partial charge on any atom is -0.466 e. The maximum Gasteiger partial charge on any atom is 0.357 e. The number of hydrazone groups is 1. The van der Waals surface area contributed by atoms with E-state index in [2.05, 4.69) is 0 Å². The maximum atomic E-state index is 13.8. The number of amides is 1. The summed E-state index contributed by atoms with van der Waals surface area (Å²) >= 11 is 0. The van der Waals surface area contributed by atoms with Crippen molar-refractivity contribution < 1.29 is 23.9 Å². The molecule has 8 nitrogen and oxygen atoms in total. The van der Waals surface area contributed by atoms with Crippen LogP contribution in [0.3, 0.4) is 0 Å². The fraction of sp³-hybridized carbons (Fsp3) is 0.111. The van der Waals surface area contributed by atoms with Crippen LogP contribution in [0.1, 0.15) is 33.1 Å². The normalized spacial score (nSPS) is 16.3. The first-order chi connectivity index (χ1) is 17.1. The number of methoxy groups -OCH3 is 2. The number of fused-ring (bicyclic) bond motifs is 3. The lowest BCUT2D eigenvalue weighted by molar-refractivity contribution is -0.140. The quantitative estimate of drug-likeness (QED) is 0.546. The molecule has 2 aliphatic heterocycles. The van der Waals surface area contributed by atoms with Gasteiger partial charge in [0.15, 0.2) is 5.70 Å². The molecule has 5 rings (SSSR count). The van der Waals surface area contributed by atoms with Gasteiger partial charge in [-0.2, -0.15) is 15.2 Å². The highest BCUT2D eigenvalue weighted by atomic mass is 16.5. The van der Waals surface area contributed by atoms with Crippen LogP contribution < -0.4 is 0 Å². The van der Waals surface area contributed by atoms with Crippen LogP contribution in [-0.2, 0) is 19.1 Å². The van der Waals surface area contributed by atoms with Crippen LogP contribution in [0, 0.1) is 0 Å². The standard InChI is InChI=1S/C27H21N3O5/c1-34-26(32)21-23-20-16-10-9-15-19(20)22(17-11-5-3-6-12-17)28-30(23)29(24(21)27(33)35-2)25(31)18-13-7-4-8-14-18/h3-16,23H,1-2H3. The van der Waals surface area contributed by atoms with E-state index in [-0.39, 0.29) is 11.3 Å². The molecule has 3 aromatic rings. The van der Waals surface area contributed by atoms with Gasteiger partial charge in [0.2, 0.25) is 0 Å². The zero-order valence-electron chi connectivity index (χ0n) is 19.0. The Labute approximate surface area is 201 Å². The molecule has 0 bridgehead atoms. The number of esters is 2. The molecule has 2 aliphatic rings. The number of rotatable bonds is 4. The summed E-state index contributed by atoms with van der Waals surface area (Å²) in [5.74, 6) is -2.14. The lowest BCUT2D eigenvalue weighted by Crippen LogP contribution is -2.44. The van der Waals surface area contributed by atoms with Gasteiger partial charge in [-0.3, -0.25) is 4.79 Å². The molecular formula is C27H21N3O5. The molecule has 1 amide bonds. The van der Waals surface area contributed by atoms with Crippen LogP contribution in [0.15, 0.2) is 101 Å². The van der Waals surface area contributed by atoms with E-state index in [9.17, 15) is 14.4 Å². The third-order valence-electron chi connectivity index (χ3n) is 5.93. The third-order valence-corrected chi connectivity index (χ3v) is 5.93. The van der Waals surface area contributed by atoms with Gasteiger partial charge < -0.3 is 9.47 Å². The first-order valence-electron chi connectivity index (χ1n) is 10.9. The van der Waals surface area contributed by atoms with Crippen LogP contribution in [-0.4, -0.2) is 47.9 Å². The topological polar surface area (TPSA) is 88.5 Å². The second-order valence-electron chi connectivity index (χ2n) is 7.85. The van der Waals surface area contributed by atoms with Crippen LogP contribution >= 0.6 is 0 Å². The molecule has 0 saturated heterocycles. The van der Waals surface area contributed by atoms with Gasteiger partial charge in [-0.25, -0.2) is 9.59 Å². The van der Waals surface area contributed by atoms with Gasteiger partial charge in [-0.05, 0) is 17.7 Å². The van der Waals surface area contributed by atoms with Gasteiger partial charge in [0.1, 0.15) is 17.3 Å². The highest BCUT2D eigenvalue weighted by molar-refractivity contribution is 6.15. The van der Waals surface area contributed by atoms with Gasteiger partial charge in [0.05, 0.1) is 14.2 Å². The fourth-order valence-electron chi connectivity index (χ4n) is 4.39. The molecule has 1 atom stereocenters. The Hall–Kier alpha value is -4.72. The smallest absolute Gasteiger partial charge is 0.357 e. The summed E-state index contributed by atoms with van der Waals surface area (Å²) < 4.78 is 10.1. The van der Waals surface area contributed by atoms with Crippen molar-refractivity contribution in [3.8, 4) is 0 Å². The first kappa shape index (κ1) is 22.1. The zero-order chi connectivity index (χ0) is 24.5. The first-order valence-corrected chi connectivity index (χ1v) is 10.9. The second-order valence-corrected chi connectivity index (χ2v) is 7.85. The largest absolute Gasteiger partial charge is 0.466 e. The summed E-state index contributed by atoms with van der Waals surface area (Å²) in [6, 6.07) is 24.5. The summed E-state index contributed by atoms with van der Waals surface area (Å²) in [6.07, 6.45) is 0. The van der Waals surface area contributed by atoms with Crippen LogP contribution in [0.4, 0.5) is 0 Å². The number of carbonyl (C=O) groups excluding carboxylic acids is 3. The number of ether oxygens (including phenoxy) is 2. The second kappa shape index (κ2) is 8.90. The van der Waals surface area contributed by atoms with E-state index in [1.165, 1.54) is 19.3 Å². The van der Waals surface area contributed by atoms with E-state index in [1.807, 2.05) is 54.6 Å². The van der Waals surface area contributed by atoms with Crippen molar-refractivity contribution in [3.63, 3.8) is 0 Å². The molecule has 0 spiro atoms. The molecule has 3 aromatic carbocycles. The van der Waals surface area contributed by atoms with Crippen molar-refractivity contribution >= 4 is 23.6 Å². The Bertz CT molecular complexity index is 1380. The van der Waals surface area contributed by atoms with Crippen LogP contribution in [0.5, 0.6) is 0 Å². The molecular weight excluding hydrogens is 446 g/mol. The SMILES string of the molecule is COC(=O)C1=C(C(=O)OC)N(C(=O)c2ccccc2)N2N=C(c3ccccc3)c3ccccc3C12. The molecule has 1 unspecified atom stereocenters. The Morgan fingerprint density at radius 2 is 1.37 bits per heavy atom. The lowest BCUT2D eigenvalue weighted by Gasteiger charge is -2.35. The number of nitrogens with zero attached hydrogens (tertiary/aromatic N) is 3. The Morgan fingerprint density at radius 3 is 2.03 bits per heavy atom. The molecule has 0 aromatic heterocycles. The molecule has 0 radical (unpaired) electrons. The predicted molar refractivity (Wildman–Crippen MR) is 127 cm³/mol. The van der Waals surface area contributed by atoms with Crippen molar-refractivity contribution in [2.45, 2.75) is 6.04 Å². The molecule has 174 valence electrons. The van der Waals surface area contributed by atoms with E-state index in [0.29, 0.717) is 16.8 Å². The van der Waals surface area contributed by atoms with Crippen molar-refractivity contribution in [2.24, 2.45) is 5.10 Å². The maximum absolute atomic E-state index is 13.8. The van der Waals surface area contributed by atoms with E-state index in [4.69, 9.17) is 14.6 Å². The van der Waals surface area contributed by atoms with E-state index < -0.39 is 23.9 Å². The van der Waals surface area contributed by atoms with Gasteiger partial charge in [0.25, 0.3) is 5.91 Å². The summed E-state index contributed by atoms with van der Waals surface area (Å²) in [6.45, 7) is 0. The van der Waals surface area contributed by atoms with Crippen LogP contribution in [0.25, 0.3) is 0 Å².